The molecule has 0 saturated heterocycles. The molecule has 0 aliphatic carbocycles. The Kier molecular flexibility index (Phi) is 4.93. The lowest BCUT2D eigenvalue weighted by Gasteiger charge is -2.11. The van der Waals surface area contributed by atoms with E-state index in [0.29, 0.717) is 11.4 Å². The summed E-state index contributed by atoms with van der Waals surface area (Å²) in [5.74, 6) is -1.77. The van der Waals surface area contributed by atoms with Crippen LogP contribution in [-0.4, -0.2) is 10.9 Å². The number of hydrogen-bond acceptors (Lipinski definition) is 3. The van der Waals surface area contributed by atoms with E-state index >= 15 is 0 Å². The molecular formula is C20H17F2N3O. The smallest absolute Gasteiger partial charge is 0.274 e. The molecule has 1 amide bonds. The molecule has 0 fully saturated rings. The molecule has 0 bridgehead atoms. The zero-order valence-corrected chi connectivity index (χ0v) is 14.3. The lowest BCUT2D eigenvalue weighted by atomic mass is 10.1. The first-order valence-corrected chi connectivity index (χ1v) is 8.00. The second-order valence-corrected chi connectivity index (χ2v) is 5.86. The summed E-state index contributed by atoms with van der Waals surface area (Å²) in [5.41, 5.74) is 3.08. The van der Waals surface area contributed by atoms with E-state index in [9.17, 15) is 13.6 Å². The van der Waals surface area contributed by atoms with Crippen molar-refractivity contribution < 1.29 is 13.6 Å². The first kappa shape index (κ1) is 17.5. The van der Waals surface area contributed by atoms with Crippen LogP contribution in [0.25, 0.3) is 0 Å². The maximum Gasteiger partial charge on any atom is 0.274 e. The highest BCUT2D eigenvalue weighted by Gasteiger charge is 2.12. The molecule has 0 unspecified atom stereocenters. The summed E-state index contributed by atoms with van der Waals surface area (Å²) < 4.78 is 27.3. The van der Waals surface area contributed by atoms with Crippen LogP contribution < -0.4 is 10.6 Å². The van der Waals surface area contributed by atoms with Crippen molar-refractivity contribution in [2.24, 2.45) is 0 Å². The Morgan fingerprint density at radius 1 is 0.962 bits per heavy atom. The van der Waals surface area contributed by atoms with Crippen molar-refractivity contribution in [1.29, 1.82) is 0 Å². The number of pyridine rings is 1. The Labute approximate surface area is 149 Å². The number of aromatic nitrogens is 1. The van der Waals surface area contributed by atoms with Crippen molar-refractivity contribution in [3.8, 4) is 0 Å². The third-order valence-electron chi connectivity index (χ3n) is 4.08. The normalized spacial score (nSPS) is 10.5. The van der Waals surface area contributed by atoms with Crippen LogP contribution in [0.4, 0.5) is 25.8 Å². The first-order valence-electron chi connectivity index (χ1n) is 8.00. The zero-order chi connectivity index (χ0) is 18.7. The summed E-state index contributed by atoms with van der Waals surface area (Å²) in [6, 6.07) is 12.3. The summed E-state index contributed by atoms with van der Waals surface area (Å²) >= 11 is 0. The van der Waals surface area contributed by atoms with Crippen molar-refractivity contribution >= 4 is 23.0 Å². The summed E-state index contributed by atoms with van der Waals surface area (Å²) in [5, 5.41) is 5.44. The molecule has 3 rings (SSSR count). The molecule has 26 heavy (non-hydrogen) atoms. The number of nitrogens with zero attached hydrogens (tertiary/aromatic N) is 1. The number of nitrogens with one attached hydrogen (secondary N) is 2. The minimum absolute atomic E-state index is 0.200. The molecule has 0 saturated carbocycles. The van der Waals surface area contributed by atoms with E-state index in [4.69, 9.17) is 0 Å². The second-order valence-electron chi connectivity index (χ2n) is 5.86. The van der Waals surface area contributed by atoms with Crippen LogP contribution in [-0.2, 0) is 0 Å². The summed E-state index contributed by atoms with van der Waals surface area (Å²) in [6.07, 6.45) is 1.35. The van der Waals surface area contributed by atoms with Crippen molar-refractivity contribution in [1.82, 2.24) is 4.98 Å². The molecule has 6 heteroatoms. The zero-order valence-electron chi connectivity index (χ0n) is 14.3. The SMILES string of the molecule is Cc1cccc(NC(=O)c2ccc(Nc3c(F)cccc3F)cn2)c1C. The number of hydrogen-bond donors (Lipinski definition) is 2. The highest BCUT2D eigenvalue weighted by molar-refractivity contribution is 6.03. The molecule has 0 atom stereocenters. The monoisotopic (exact) mass is 353 g/mol. The quantitative estimate of drug-likeness (QED) is 0.696. The average Bonchev–Trinajstić information content (AvgIpc) is 2.63. The predicted molar refractivity (Wildman–Crippen MR) is 97.7 cm³/mol. The highest BCUT2D eigenvalue weighted by atomic mass is 19.1. The lowest BCUT2D eigenvalue weighted by Crippen LogP contribution is -2.14. The van der Waals surface area contributed by atoms with Crippen molar-refractivity contribution in [3.63, 3.8) is 0 Å². The van der Waals surface area contributed by atoms with Gasteiger partial charge in [0.1, 0.15) is 23.0 Å². The molecule has 1 aromatic heterocycles. The number of benzene rings is 2. The standard InChI is InChI=1S/C20H17F2N3O/c1-12-5-3-8-17(13(12)2)25-20(26)18-10-9-14(11-23-18)24-19-15(21)6-4-7-16(19)22/h3-11,24H,1-2H3,(H,25,26). The minimum Gasteiger partial charge on any atom is -0.349 e. The maximum atomic E-state index is 13.7. The van der Waals surface area contributed by atoms with Gasteiger partial charge in [-0.25, -0.2) is 13.8 Å². The van der Waals surface area contributed by atoms with Gasteiger partial charge in [0.2, 0.25) is 0 Å². The number of aryl methyl sites for hydroxylation is 1. The minimum atomic E-state index is -0.707. The van der Waals surface area contributed by atoms with Crippen LogP contribution >= 0.6 is 0 Å². The van der Waals surface area contributed by atoms with Gasteiger partial charge in [-0.15, -0.1) is 0 Å². The van der Waals surface area contributed by atoms with Crippen LogP contribution in [0.15, 0.2) is 54.7 Å². The molecule has 0 radical (unpaired) electrons. The van der Waals surface area contributed by atoms with Gasteiger partial charge in [-0.2, -0.15) is 0 Å². The molecule has 2 aromatic carbocycles. The fourth-order valence-electron chi connectivity index (χ4n) is 2.44. The molecule has 4 nitrogen and oxygen atoms in total. The molecule has 1 heterocycles. The predicted octanol–water partition coefficient (Wildman–Crippen LogP) is 4.97. The first-order chi connectivity index (χ1) is 12.5. The van der Waals surface area contributed by atoms with Crippen LogP contribution in [0.2, 0.25) is 0 Å². The van der Waals surface area contributed by atoms with Gasteiger partial charge in [0, 0.05) is 5.69 Å². The molecule has 3 aromatic rings. The lowest BCUT2D eigenvalue weighted by molar-refractivity contribution is 0.102. The van der Waals surface area contributed by atoms with E-state index < -0.39 is 11.6 Å². The van der Waals surface area contributed by atoms with Gasteiger partial charge in [-0.3, -0.25) is 4.79 Å². The molecule has 2 N–H and O–H groups in total. The molecule has 0 aliphatic heterocycles. The Balaban J connectivity index is 1.75. The van der Waals surface area contributed by atoms with Gasteiger partial charge in [0.15, 0.2) is 0 Å². The topological polar surface area (TPSA) is 54.0 Å². The summed E-state index contributed by atoms with van der Waals surface area (Å²) in [7, 11) is 0. The molecule has 0 aliphatic rings. The van der Waals surface area contributed by atoms with Gasteiger partial charge in [-0.1, -0.05) is 18.2 Å². The van der Waals surface area contributed by atoms with Crippen LogP contribution in [0.5, 0.6) is 0 Å². The van der Waals surface area contributed by atoms with E-state index in [0.717, 1.165) is 23.3 Å². The Morgan fingerprint density at radius 3 is 2.31 bits per heavy atom. The number of carbonyl (C=O) groups excluding carboxylic acids is 1. The number of rotatable bonds is 4. The maximum absolute atomic E-state index is 13.7. The third kappa shape index (κ3) is 3.69. The van der Waals surface area contributed by atoms with Gasteiger partial charge in [0.25, 0.3) is 5.91 Å². The van der Waals surface area contributed by atoms with Gasteiger partial charge >= 0.3 is 0 Å². The van der Waals surface area contributed by atoms with Crippen molar-refractivity contribution in [2.45, 2.75) is 13.8 Å². The average molecular weight is 353 g/mol. The van der Waals surface area contributed by atoms with E-state index in [1.54, 1.807) is 0 Å². The van der Waals surface area contributed by atoms with E-state index in [1.807, 2.05) is 32.0 Å². The Hall–Kier alpha value is -3.28. The van der Waals surface area contributed by atoms with Gasteiger partial charge in [0.05, 0.1) is 11.9 Å². The fourth-order valence-corrected chi connectivity index (χ4v) is 2.44. The van der Waals surface area contributed by atoms with Gasteiger partial charge in [-0.05, 0) is 55.3 Å². The molecule has 132 valence electrons. The number of amides is 1. The number of halogens is 2. The van der Waals surface area contributed by atoms with Crippen LogP contribution in [0, 0.1) is 25.5 Å². The summed E-state index contributed by atoms with van der Waals surface area (Å²) in [4.78, 5) is 16.4. The second kappa shape index (κ2) is 7.31. The van der Waals surface area contributed by atoms with Crippen molar-refractivity contribution in [3.05, 3.63) is 83.2 Å². The Morgan fingerprint density at radius 2 is 1.65 bits per heavy atom. The molecule has 0 spiro atoms. The van der Waals surface area contributed by atoms with Crippen molar-refractivity contribution in [2.75, 3.05) is 10.6 Å². The van der Waals surface area contributed by atoms with E-state index in [1.165, 1.54) is 24.4 Å². The highest BCUT2D eigenvalue weighted by Crippen LogP contribution is 2.23. The number of para-hydroxylation sites is 1. The van der Waals surface area contributed by atoms with Crippen LogP contribution in [0.1, 0.15) is 21.6 Å². The third-order valence-corrected chi connectivity index (χ3v) is 4.08. The van der Waals surface area contributed by atoms with Gasteiger partial charge < -0.3 is 10.6 Å². The summed E-state index contributed by atoms with van der Waals surface area (Å²) in [6.45, 7) is 3.89. The molecular weight excluding hydrogens is 336 g/mol. The fraction of sp³-hybridized carbons (Fsp3) is 0.100. The van der Waals surface area contributed by atoms with Crippen LogP contribution in [0.3, 0.4) is 0 Å². The largest absolute Gasteiger partial charge is 0.349 e. The number of carbonyl (C=O) groups is 1. The number of anilines is 3. The van der Waals surface area contributed by atoms with E-state index in [2.05, 4.69) is 15.6 Å². The Bertz CT molecular complexity index is 936. The van der Waals surface area contributed by atoms with E-state index in [-0.39, 0.29) is 17.3 Å².